The molecule has 1 N–H and O–H groups in total. The lowest BCUT2D eigenvalue weighted by molar-refractivity contribution is -0.122. The lowest BCUT2D eigenvalue weighted by Crippen LogP contribution is -2.36. The van der Waals surface area contributed by atoms with Gasteiger partial charge in [0.1, 0.15) is 6.54 Å². The van der Waals surface area contributed by atoms with Crippen molar-refractivity contribution < 1.29 is 19.0 Å². The maximum Gasteiger partial charge on any atom is 0.261 e. The molecule has 1 unspecified atom stereocenters. The van der Waals surface area contributed by atoms with Crippen LogP contribution in [0.1, 0.15) is 12.8 Å². The third kappa shape index (κ3) is 3.74. The van der Waals surface area contributed by atoms with Crippen LogP contribution in [0.4, 0.5) is 0 Å². The van der Waals surface area contributed by atoms with Crippen LogP contribution in [0.2, 0.25) is 0 Å². The Bertz CT molecular complexity index is 827. The number of ether oxygens (including phenoxy) is 3. The molecule has 0 bridgehead atoms. The summed E-state index contributed by atoms with van der Waals surface area (Å²) in [6, 6.07) is 3.21. The largest absolute Gasteiger partial charge is 0.493 e. The first-order valence-corrected chi connectivity index (χ1v) is 8.12. The molecule has 134 valence electrons. The number of hydrogen-bond donors (Lipinski definition) is 1. The highest BCUT2D eigenvalue weighted by atomic mass is 16.5. The van der Waals surface area contributed by atoms with Crippen LogP contribution in [0.25, 0.3) is 10.9 Å². The average Bonchev–Trinajstić information content (AvgIpc) is 3.15. The fourth-order valence-electron chi connectivity index (χ4n) is 2.84. The number of hydrogen-bond acceptors (Lipinski definition) is 6. The molecule has 3 rings (SSSR count). The van der Waals surface area contributed by atoms with Crippen LogP contribution >= 0.6 is 0 Å². The van der Waals surface area contributed by atoms with Gasteiger partial charge in [-0.25, -0.2) is 4.98 Å². The summed E-state index contributed by atoms with van der Waals surface area (Å²) < 4.78 is 17.2. The Balaban J connectivity index is 1.78. The molecule has 0 saturated carbocycles. The summed E-state index contributed by atoms with van der Waals surface area (Å²) in [5.74, 6) is 0.683. The highest BCUT2D eigenvalue weighted by Crippen LogP contribution is 2.29. The fourth-order valence-corrected chi connectivity index (χ4v) is 2.84. The molecule has 2 heterocycles. The molecule has 1 aliphatic heterocycles. The van der Waals surface area contributed by atoms with Crippen LogP contribution < -0.4 is 20.3 Å². The number of amides is 1. The van der Waals surface area contributed by atoms with Gasteiger partial charge >= 0.3 is 0 Å². The molecule has 1 aromatic carbocycles. The quantitative estimate of drug-likeness (QED) is 0.827. The van der Waals surface area contributed by atoms with E-state index in [2.05, 4.69) is 10.3 Å². The van der Waals surface area contributed by atoms with Crippen LogP contribution in [0, 0.1) is 0 Å². The number of carbonyl (C=O) groups is 1. The summed E-state index contributed by atoms with van der Waals surface area (Å²) in [6.07, 6.45) is 3.38. The van der Waals surface area contributed by atoms with Crippen molar-refractivity contribution in [2.45, 2.75) is 25.5 Å². The van der Waals surface area contributed by atoms with E-state index in [1.807, 2.05) is 0 Å². The standard InChI is InChI=1S/C17H21N3O5/c1-23-14-6-12-13(7-15(14)24-2)19-10-20(17(12)22)9-16(21)18-8-11-4-3-5-25-11/h6-7,10-11H,3-5,8-9H2,1-2H3,(H,18,21). The van der Waals surface area contributed by atoms with Gasteiger partial charge in [0.05, 0.1) is 37.6 Å². The zero-order valence-electron chi connectivity index (χ0n) is 14.3. The molecule has 2 aromatic rings. The topological polar surface area (TPSA) is 91.7 Å². The molecule has 8 heteroatoms. The first-order chi connectivity index (χ1) is 12.1. The number of methoxy groups -OCH3 is 2. The number of rotatable bonds is 6. The second kappa shape index (κ2) is 7.52. The maximum atomic E-state index is 12.6. The summed E-state index contributed by atoms with van der Waals surface area (Å²) in [5.41, 5.74) is 0.178. The van der Waals surface area contributed by atoms with Gasteiger partial charge in [-0.15, -0.1) is 0 Å². The molecule has 25 heavy (non-hydrogen) atoms. The smallest absolute Gasteiger partial charge is 0.261 e. The first kappa shape index (κ1) is 17.2. The zero-order valence-corrected chi connectivity index (χ0v) is 14.3. The van der Waals surface area contributed by atoms with Crippen molar-refractivity contribution >= 4 is 16.8 Å². The number of benzene rings is 1. The van der Waals surface area contributed by atoms with Crippen molar-refractivity contribution in [3.63, 3.8) is 0 Å². The van der Waals surface area contributed by atoms with Crippen molar-refractivity contribution in [1.82, 2.24) is 14.9 Å². The summed E-state index contributed by atoms with van der Waals surface area (Å²) in [4.78, 5) is 28.9. The molecule has 0 aliphatic carbocycles. The van der Waals surface area contributed by atoms with E-state index in [0.717, 1.165) is 19.4 Å². The normalized spacial score (nSPS) is 16.8. The molecular weight excluding hydrogens is 326 g/mol. The van der Waals surface area contributed by atoms with Gasteiger partial charge in [-0.05, 0) is 18.9 Å². The molecule has 8 nitrogen and oxygen atoms in total. The lowest BCUT2D eigenvalue weighted by atomic mass is 10.2. The maximum absolute atomic E-state index is 12.6. The van der Waals surface area contributed by atoms with E-state index in [4.69, 9.17) is 14.2 Å². The Kier molecular flexibility index (Phi) is 5.18. The third-order valence-electron chi connectivity index (χ3n) is 4.19. The van der Waals surface area contributed by atoms with Crippen LogP contribution in [0.3, 0.4) is 0 Å². The predicted molar refractivity (Wildman–Crippen MR) is 91.1 cm³/mol. The fraction of sp³-hybridized carbons (Fsp3) is 0.471. The number of carbonyl (C=O) groups excluding carboxylic acids is 1. The minimum atomic E-state index is -0.307. The molecule has 1 amide bonds. The zero-order chi connectivity index (χ0) is 17.8. The van der Waals surface area contributed by atoms with Crippen molar-refractivity contribution in [3.05, 3.63) is 28.8 Å². The van der Waals surface area contributed by atoms with E-state index in [1.165, 1.54) is 25.1 Å². The van der Waals surface area contributed by atoms with Gasteiger partial charge in [0, 0.05) is 19.2 Å². The highest BCUT2D eigenvalue weighted by Gasteiger charge is 2.17. The second-order valence-electron chi connectivity index (χ2n) is 5.84. The number of fused-ring (bicyclic) bond motifs is 1. The van der Waals surface area contributed by atoms with Gasteiger partial charge in [-0.2, -0.15) is 0 Å². The Labute approximate surface area is 144 Å². The molecule has 1 aliphatic rings. The minimum Gasteiger partial charge on any atom is -0.493 e. The Morgan fingerprint density at radius 1 is 1.36 bits per heavy atom. The molecular formula is C17H21N3O5. The van der Waals surface area contributed by atoms with E-state index in [1.54, 1.807) is 12.1 Å². The van der Waals surface area contributed by atoms with Gasteiger partial charge in [-0.3, -0.25) is 14.2 Å². The van der Waals surface area contributed by atoms with E-state index < -0.39 is 0 Å². The summed E-state index contributed by atoms with van der Waals surface area (Å²) >= 11 is 0. The average molecular weight is 347 g/mol. The monoisotopic (exact) mass is 347 g/mol. The molecule has 1 atom stereocenters. The number of nitrogens with zero attached hydrogens (tertiary/aromatic N) is 2. The van der Waals surface area contributed by atoms with Crippen molar-refractivity contribution in [2.24, 2.45) is 0 Å². The summed E-state index contributed by atoms with van der Waals surface area (Å²) in [5, 5.41) is 3.16. The molecule has 0 radical (unpaired) electrons. The lowest BCUT2D eigenvalue weighted by Gasteiger charge is -2.12. The van der Waals surface area contributed by atoms with Crippen LogP contribution in [0.5, 0.6) is 11.5 Å². The minimum absolute atomic E-state index is 0.0622. The Morgan fingerprint density at radius 3 is 2.80 bits per heavy atom. The number of nitrogens with one attached hydrogen (secondary N) is 1. The van der Waals surface area contributed by atoms with Gasteiger partial charge in [0.2, 0.25) is 5.91 Å². The van der Waals surface area contributed by atoms with Gasteiger partial charge < -0.3 is 19.5 Å². The van der Waals surface area contributed by atoms with Crippen molar-refractivity contribution in [1.29, 1.82) is 0 Å². The number of aromatic nitrogens is 2. The Hall–Kier alpha value is -2.61. The molecule has 1 aromatic heterocycles. The molecule has 0 spiro atoms. The second-order valence-corrected chi connectivity index (χ2v) is 5.84. The van der Waals surface area contributed by atoms with Crippen LogP contribution in [-0.2, 0) is 16.1 Å². The van der Waals surface area contributed by atoms with Crippen molar-refractivity contribution in [2.75, 3.05) is 27.4 Å². The molecule has 1 fully saturated rings. The summed E-state index contributed by atoms with van der Waals surface area (Å²) in [7, 11) is 3.01. The van der Waals surface area contributed by atoms with E-state index >= 15 is 0 Å². The van der Waals surface area contributed by atoms with E-state index in [0.29, 0.717) is 28.9 Å². The van der Waals surface area contributed by atoms with Crippen molar-refractivity contribution in [3.8, 4) is 11.5 Å². The van der Waals surface area contributed by atoms with E-state index in [-0.39, 0.29) is 24.1 Å². The Morgan fingerprint density at radius 2 is 2.12 bits per heavy atom. The van der Waals surface area contributed by atoms with Crippen LogP contribution in [-0.4, -0.2) is 48.9 Å². The van der Waals surface area contributed by atoms with E-state index in [9.17, 15) is 9.59 Å². The highest BCUT2D eigenvalue weighted by molar-refractivity contribution is 5.82. The van der Waals surface area contributed by atoms with Crippen LogP contribution in [0.15, 0.2) is 23.3 Å². The van der Waals surface area contributed by atoms with Gasteiger partial charge in [-0.1, -0.05) is 0 Å². The van der Waals surface area contributed by atoms with Gasteiger partial charge in [0.25, 0.3) is 5.56 Å². The third-order valence-corrected chi connectivity index (χ3v) is 4.19. The first-order valence-electron chi connectivity index (χ1n) is 8.12. The molecule has 1 saturated heterocycles. The summed E-state index contributed by atoms with van der Waals surface area (Å²) in [6.45, 7) is 1.10. The predicted octanol–water partition coefficient (Wildman–Crippen LogP) is 0.709. The van der Waals surface area contributed by atoms with Gasteiger partial charge in [0.15, 0.2) is 11.5 Å². The SMILES string of the molecule is COc1cc2ncn(CC(=O)NCC3CCCO3)c(=O)c2cc1OC.